The lowest BCUT2D eigenvalue weighted by Gasteiger charge is -2.31. The van der Waals surface area contributed by atoms with Crippen LogP contribution in [0.1, 0.15) is 32.0 Å². The maximum absolute atomic E-state index is 2.36. The van der Waals surface area contributed by atoms with E-state index < -0.39 is 0 Å². The summed E-state index contributed by atoms with van der Waals surface area (Å²) in [6.45, 7) is 0. The Bertz CT molecular complexity index is 1500. The fourth-order valence-corrected chi connectivity index (χ4v) is 6.54. The minimum atomic E-state index is 1.24. The van der Waals surface area contributed by atoms with Gasteiger partial charge < -0.3 is 9.80 Å². The van der Waals surface area contributed by atoms with E-state index in [1.165, 1.54) is 65.9 Å². The summed E-state index contributed by atoms with van der Waals surface area (Å²) in [6.07, 6.45) is 4.71. The SMILES string of the molecule is CN1c2ccccc2C(=Cc2ccc(C=C3c4ccccc4N(C)c4ccccc43)s2)c2ccccc21. The summed E-state index contributed by atoms with van der Waals surface area (Å²) in [5.74, 6) is 0. The second-order valence-corrected chi connectivity index (χ2v) is 10.7. The molecule has 0 fully saturated rings. The summed E-state index contributed by atoms with van der Waals surface area (Å²) >= 11 is 1.84. The van der Waals surface area contributed by atoms with Crippen molar-refractivity contribution in [1.29, 1.82) is 0 Å². The van der Waals surface area contributed by atoms with E-state index in [2.05, 4.69) is 145 Å². The quantitative estimate of drug-likeness (QED) is 0.241. The van der Waals surface area contributed by atoms with Gasteiger partial charge in [-0.2, -0.15) is 0 Å². The van der Waals surface area contributed by atoms with Crippen molar-refractivity contribution in [3.05, 3.63) is 141 Å². The summed E-state index contributed by atoms with van der Waals surface area (Å²) in [5.41, 5.74) is 12.6. The molecule has 0 aliphatic carbocycles. The van der Waals surface area contributed by atoms with E-state index >= 15 is 0 Å². The third-order valence-corrected chi connectivity index (χ3v) is 8.42. The molecule has 1 aromatic heterocycles. The molecule has 0 amide bonds. The molecule has 0 N–H and O–H groups in total. The molecule has 5 aromatic rings. The van der Waals surface area contributed by atoms with Crippen LogP contribution < -0.4 is 9.80 Å². The Labute approximate surface area is 222 Å². The maximum atomic E-state index is 2.36. The molecule has 0 spiro atoms. The first-order valence-electron chi connectivity index (χ1n) is 12.6. The Hall–Kier alpha value is -4.34. The fraction of sp³-hybridized carbons (Fsp3) is 0.0588. The number of hydrogen-bond donors (Lipinski definition) is 0. The predicted molar refractivity (Wildman–Crippen MR) is 160 cm³/mol. The van der Waals surface area contributed by atoms with E-state index in [4.69, 9.17) is 0 Å². The van der Waals surface area contributed by atoms with E-state index in [9.17, 15) is 0 Å². The zero-order chi connectivity index (χ0) is 24.9. The monoisotopic (exact) mass is 494 g/mol. The number of para-hydroxylation sites is 4. The highest BCUT2D eigenvalue weighted by Crippen LogP contribution is 2.47. The van der Waals surface area contributed by atoms with Crippen LogP contribution in [0, 0.1) is 0 Å². The van der Waals surface area contributed by atoms with Gasteiger partial charge >= 0.3 is 0 Å². The molecule has 2 aliphatic heterocycles. The Balaban J connectivity index is 1.34. The molecule has 2 aliphatic rings. The van der Waals surface area contributed by atoms with Gasteiger partial charge in [0, 0.05) is 68.9 Å². The van der Waals surface area contributed by atoms with Gasteiger partial charge in [-0.05, 0) is 59.7 Å². The van der Waals surface area contributed by atoms with Crippen molar-refractivity contribution in [2.45, 2.75) is 0 Å². The lowest BCUT2D eigenvalue weighted by molar-refractivity contribution is 1.17. The van der Waals surface area contributed by atoms with E-state index in [-0.39, 0.29) is 0 Å². The number of hydrogen-bond acceptors (Lipinski definition) is 3. The second-order valence-electron chi connectivity index (χ2n) is 9.54. The number of anilines is 4. The molecule has 0 saturated heterocycles. The first kappa shape index (κ1) is 21.9. The lowest BCUT2D eigenvalue weighted by atomic mass is 9.90. The van der Waals surface area contributed by atoms with Crippen LogP contribution in [0.3, 0.4) is 0 Å². The first-order chi connectivity index (χ1) is 18.2. The molecule has 0 unspecified atom stereocenters. The average molecular weight is 495 g/mol. The highest BCUT2D eigenvalue weighted by atomic mass is 32.1. The van der Waals surface area contributed by atoms with Gasteiger partial charge in [0.1, 0.15) is 0 Å². The van der Waals surface area contributed by atoms with Crippen molar-refractivity contribution in [2.75, 3.05) is 23.9 Å². The molecule has 3 heteroatoms. The van der Waals surface area contributed by atoms with Crippen LogP contribution in [0.4, 0.5) is 22.7 Å². The van der Waals surface area contributed by atoms with Crippen molar-refractivity contribution < 1.29 is 0 Å². The number of benzene rings is 4. The van der Waals surface area contributed by atoms with Gasteiger partial charge in [0.2, 0.25) is 0 Å². The van der Waals surface area contributed by atoms with Gasteiger partial charge in [-0.25, -0.2) is 0 Å². The number of nitrogens with zero attached hydrogens (tertiary/aromatic N) is 2. The van der Waals surface area contributed by atoms with E-state index in [0.29, 0.717) is 0 Å². The van der Waals surface area contributed by atoms with Crippen molar-refractivity contribution in [3.63, 3.8) is 0 Å². The van der Waals surface area contributed by atoms with Gasteiger partial charge in [-0.15, -0.1) is 11.3 Å². The molecule has 37 heavy (non-hydrogen) atoms. The Morgan fingerprint density at radius 2 is 0.730 bits per heavy atom. The van der Waals surface area contributed by atoms with Crippen LogP contribution >= 0.6 is 11.3 Å². The molecule has 2 nitrogen and oxygen atoms in total. The number of fused-ring (bicyclic) bond motifs is 4. The van der Waals surface area contributed by atoms with Gasteiger partial charge in [-0.3, -0.25) is 0 Å². The maximum Gasteiger partial charge on any atom is 0.0488 e. The molecule has 3 heterocycles. The van der Waals surface area contributed by atoms with Gasteiger partial charge in [0.05, 0.1) is 0 Å². The predicted octanol–water partition coefficient (Wildman–Crippen LogP) is 9.09. The lowest BCUT2D eigenvalue weighted by Crippen LogP contribution is -2.17. The fourth-order valence-electron chi connectivity index (χ4n) is 5.64. The Morgan fingerprint density at radius 1 is 0.432 bits per heavy atom. The molecule has 4 aromatic carbocycles. The summed E-state index contributed by atoms with van der Waals surface area (Å²) in [7, 11) is 4.31. The largest absolute Gasteiger partial charge is 0.344 e. The normalized spacial score (nSPS) is 13.5. The van der Waals surface area contributed by atoms with Crippen LogP contribution in [0.2, 0.25) is 0 Å². The summed E-state index contributed by atoms with van der Waals surface area (Å²) in [5, 5.41) is 0. The van der Waals surface area contributed by atoms with Crippen molar-refractivity contribution in [2.24, 2.45) is 0 Å². The van der Waals surface area contributed by atoms with Gasteiger partial charge in [0.25, 0.3) is 0 Å². The number of rotatable bonds is 2. The minimum Gasteiger partial charge on any atom is -0.344 e. The molecular weight excluding hydrogens is 468 g/mol. The Kier molecular flexibility index (Phi) is 5.12. The van der Waals surface area contributed by atoms with Gasteiger partial charge in [0.15, 0.2) is 0 Å². The zero-order valence-corrected chi connectivity index (χ0v) is 21.7. The second kappa shape index (κ2) is 8.65. The molecule has 0 saturated carbocycles. The molecule has 7 rings (SSSR count). The summed E-state index contributed by atoms with van der Waals surface area (Å²) < 4.78 is 0. The van der Waals surface area contributed by atoms with Crippen molar-refractivity contribution in [3.8, 4) is 0 Å². The zero-order valence-electron chi connectivity index (χ0n) is 20.8. The van der Waals surface area contributed by atoms with Crippen molar-refractivity contribution >= 4 is 57.4 Å². The summed E-state index contributed by atoms with van der Waals surface area (Å²) in [6, 6.07) is 39.3. The van der Waals surface area contributed by atoms with Crippen LogP contribution in [-0.4, -0.2) is 14.1 Å². The Morgan fingerprint density at radius 3 is 1.05 bits per heavy atom. The van der Waals surface area contributed by atoms with Crippen LogP contribution in [0.5, 0.6) is 0 Å². The van der Waals surface area contributed by atoms with E-state index in [1.54, 1.807) is 0 Å². The molecule has 178 valence electrons. The minimum absolute atomic E-state index is 1.24. The number of thiophene rings is 1. The highest BCUT2D eigenvalue weighted by molar-refractivity contribution is 7.13. The van der Waals surface area contributed by atoms with Crippen molar-refractivity contribution in [1.82, 2.24) is 0 Å². The van der Waals surface area contributed by atoms with Crippen LogP contribution in [0.25, 0.3) is 23.3 Å². The molecular formula is C34H26N2S. The van der Waals surface area contributed by atoms with Gasteiger partial charge in [-0.1, -0.05) is 72.8 Å². The first-order valence-corrected chi connectivity index (χ1v) is 13.4. The molecule has 0 radical (unpaired) electrons. The van der Waals surface area contributed by atoms with Crippen LogP contribution in [-0.2, 0) is 0 Å². The van der Waals surface area contributed by atoms with E-state index in [1.807, 2.05) is 11.3 Å². The highest BCUT2D eigenvalue weighted by Gasteiger charge is 2.25. The topological polar surface area (TPSA) is 6.48 Å². The molecule has 0 bridgehead atoms. The smallest absolute Gasteiger partial charge is 0.0488 e. The third kappa shape index (κ3) is 3.54. The standard InChI is InChI=1S/C34H26N2S/c1-35-31-15-7-3-11-25(31)29(26-12-4-8-16-32(26)35)21-23-19-20-24(37-23)22-30-27-13-5-9-17-33(27)36(2)34-18-10-6-14-28(30)34/h3-22H,1-2H3. The average Bonchev–Trinajstić information content (AvgIpc) is 3.40. The molecule has 0 atom stereocenters. The van der Waals surface area contributed by atoms with Crippen LogP contribution in [0.15, 0.2) is 109 Å². The van der Waals surface area contributed by atoms with E-state index in [0.717, 1.165) is 0 Å². The summed E-state index contributed by atoms with van der Waals surface area (Å²) in [4.78, 5) is 7.10. The third-order valence-electron chi connectivity index (χ3n) is 7.44.